The second-order valence-corrected chi connectivity index (χ2v) is 4.91. The van der Waals surface area contributed by atoms with Gasteiger partial charge in [-0.2, -0.15) is 0 Å². The van der Waals surface area contributed by atoms with Gasteiger partial charge in [-0.1, -0.05) is 27.7 Å². The Morgan fingerprint density at radius 2 is 2.00 bits per heavy atom. The molecule has 0 bridgehead atoms. The highest BCUT2D eigenvalue weighted by molar-refractivity contribution is 5.80. The lowest BCUT2D eigenvalue weighted by molar-refractivity contribution is -0.126. The van der Waals surface area contributed by atoms with Crippen molar-refractivity contribution in [3.8, 4) is 0 Å². The lowest BCUT2D eigenvalue weighted by Gasteiger charge is -2.31. The fourth-order valence-electron chi connectivity index (χ4n) is 1.65. The number of nitrogens with one attached hydrogen (secondary N) is 1. The number of nitrogens with zero attached hydrogens (tertiary/aromatic N) is 1. The summed E-state index contributed by atoms with van der Waals surface area (Å²) in [6.45, 7) is 9.31. The van der Waals surface area contributed by atoms with Crippen molar-refractivity contribution in [1.29, 1.82) is 0 Å². The zero-order chi connectivity index (χ0) is 11.4. The average Bonchev–Trinajstić information content (AvgIpc) is 2.01. The molecule has 14 heavy (non-hydrogen) atoms. The van der Waals surface area contributed by atoms with Gasteiger partial charge in [-0.05, 0) is 18.9 Å². The van der Waals surface area contributed by atoms with Crippen LogP contribution >= 0.6 is 0 Å². The molecule has 1 amide bonds. The number of amides is 1. The van der Waals surface area contributed by atoms with Crippen LogP contribution in [0.3, 0.4) is 0 Å². The number of carbonyl (C=O) groups excluding carboxylic acids is 1. The van der Waals surface area contributed by atoms with Crippen molar-refractivity contribution in [3.05, 3.63) is 0 Å². The Labute approximate surface area is 86.8 Å². The largest absolute Gasteiger partial charge is 0.295 e. The smallest absolute Gasteiger partial charge is 0.251 e. The minimum absolute atomic E-state index is 0.112. The predicted molar refractivity (Wildman–Crippen MR) is 58.5 cm³/mol. The molecule has 4 heteroatoms. The van der Waals surface area contributed by atoms with Gasteiger partial charge in [0.05, 0.1) is 6.04 Å². The van der Waals surface area contributed by atoms with Gasteiger partial charge in [0, 0.05) is 6.54 Å². The molecule has 4 nitrogen and oxygen atoms in total. The number of carbonyl (C=O) groups is 1. The lowest BCUT2D eigenvalue weighted by atomic mass is 9.95. The van der Waals surface area contributed by atoms with Crippen molar-refractivity contribution in [3.63, 3.8) is 0 Å². The third kappa shape index (κ3) is 4.58. The quantitative estimate of drug-likeness (QED) is 0.400. The molecule has 0 aliphatic heterocycles. The van der Waals surface area contributed by atoms with Gasteiger partial charge in [-0.15, -0.1) is 0 Å². The van der Waals surface area contributed by atoms with Crippen molar-refractivity contribution in [2.24, 2.45) is 11.3 Å². The number of hydrogen-bond acceptors (Lipinski definition) is 3. The maximum atomic E-state index is 11.4. The van der Waals surface area contributed by atoms with Crippen molar-refractivity contribution in [1.82, 2.24) is 10.3 Å². The standard InChI is InChI=1S/C10H23N3O/c1-6-8(9(14)12-11)13(5)7-10(2,3)4/h8H,6-7,11H2,1-5H3,(H,12,14). The van der Waals surface area contributed by atoms with E-state index in [1.807, 2.05) is 18.9 Å². The van der Waals surface area contributed by atoms with E-state index in [1.165, 1.54) is 0 Å². The molecular formula is C10H23N3O. The molecule has 0 saturated heterocycles. The zero-order valence-corrected chi connectivity index (χ0v) is 9.92. The van der Waals surface area contributed by atoms with E-state index in [1.54, 1.807) is 0 Å². The first-order valence-electron chi connectivity index (χ1n) is 5.02. The molecule has 1 unspecified atom stereocenters. The summed E-state index contributed by atoms with van der Waals surface area (Å²) in [7, 11) is 1.95. The third-order valence-corrected chi connectivity index (χ3v) is 2.09. The molecule has 0 fully saturated rings. The van der Waals surface area contributed by atoms with Crippen LogP contribution in [0.2, 0.25) is 0 Å². The van der Waals surface area contributed by atoms with E-state index in [2.05, 4.69) is 26.2 Å². The van der Waals surface area contributed by atoms with Crippen LogP contribution in [-0.4, -0.2) is 30.4 Å². The summed E-state index contributed by atoms with van der Waals surface area (Å²) >= 11 is 0. The average molecular weight is 201 g/mol. The second kappa shape index (κ2) is 5.32. The van der Waals surface area contributed by atoms with E-state index in [4.69, 9.17) is 5.84 Å². The first kappa shape index (κ1) is 13.4. The predicted octanol–water partition coefficient (Wildman–Crippen LogP) is 0.733. The normalized spacial score (nSPS) is 14.2. The van der Waals surface area contributed by atoms with Crippen LogP contribution in [0, 0.1) is 5.41 Å². The van der Waals surface area contributed by atoms with Crippen molar-refractivity contribution >= 4 is 5.91 Å². The Morgan fingerprint density at radius 3 is 2.29 bits per heavy atom. The molecule has 0 spiro atoms. The summed E-state index contributed by atoms with van der Waals surface area (Å²) in [5.74, 6) is 5.01. The second-order valence-electron chi connectivity index (χ2n) is 4.91. The highest BCUT2D eigenvalue weighted by Gasteiger charge is 2.24. The Morgan fingerprint density at radius 1 is 1.50 bits per heavy atom. The molecule has 84 valence electrons. The van der Waals surface area contributed by atoms with Crippen LogP contribution < -0.4 is 11.3 Å². The molecule has 0 aromatic carbocycles. The van der Waals surface area contributed by atoms with E-state index in [-0.39, 0.29) is 17.4 Å². The minimum atomic E-state index is -0.126. The van der Waals surface area contributed by atoms with Gasteiger partial charge in [-0.25, -0.2) is 5.84 Å². The van der Waals surface area contributed by atoms with Gasteiger partial charge in [0.15, 0.2) is 0 Å². The number of nitrogens with two attached hydrogens (primary N) is 1. The van der Waals surface area contributed by atoms with E-state index >= 15 is 0 Å². The lowest BCUT2D eigenvalue weighted by Crippen LogP contribution is -2.49. The van der Waals surface area contributed by atoms with E-state index in [9.17, 15) is 4.79 Å². The molecule has 0 aromatic rings. The van der Waals surface area contributed by atoms with Gasteiger partial charge in [0.1, 0.15) is 0 Å². The summed E-state index contributed by atoms with van der Waals surface area (Å²) in [5, 5.41) is 0. The van der Waals surface area contributed by atoms with Crippen LogP contribution in [0.25, 0.3) is 0 Å². The van der Waals surface area contributed by atoms with Crippen molar-refractivity contribution in [2.45, 2.75) is 40.2 Å². The fourth-order valence-corrected chi connectivity index (χ4v) is 1.65. The molecule has 0 radical (unpaired) electrons. The molecule has 1 atom stereocenters. The molecule has 0 aliphatic carbocycles. The molecule has 0 heterocycles. The first-order chi connectivity index (χ1) is 6.31. The Balaban J connectivity index is 4.32. The number of hydrogen-bond donors (Lipinski definition) is 2. The SMILES string of the molecule is CCC(C(=O)NN)N(C)CC(C)(C)C. The van der Waals surface area contributed by atoms with E-state index in [0.717, 1.165) is 13.0 Å². The van der Waals surface area contributed by atoms with Crippen LogP contribution in [0.15, 0.2) is 0 Å². The number of rotatable bonds is 4. The van der Waals surface area contributed by atoms with Crippen molar-refractivity contribution < 1.29 is 4.79 Å². The molecule has 0 aromatic heterocycles. The summed E-state index contributed by atoms with van der Waals surface area (Å²) in [6.07, 6.45) is 0.773. The summed E-state index contributed by atoms with van der Waals surface area (Å²) < 4.78 is 0. The molecular weight excluding hydrogens is 178 g/mol. The highest BCUT2D eigenvalue weighted by Crippen LogP contribution is 2.16. The van der Waals surface area contributed by atoms with E-state index in [0.29, 0.717) is 0 Å². The molecule has 0 rings (SSSR count). The zero-order valence-electron chi connectivity index (χ0n) is 9.92. The molecule has 0 saturated carbocycles. The van der Waals surface area contributed by atoms with Crippen LogP contribution in [0.5, 0.6) is 0 Å². The minimum Gasteiger partial charge on any atom is -0.295 e. The van der Waals surface area contributed by atoms with Gasteiger partial charge in [0.25, 0.3) is 5.91 Å². The van der Waals surface area contributed by atoms with Crippen LogP contribution in [0.1, 0.15) is 34.1 Å². The Bertz CT molecular complexity index is 186. The monoisotopic (exact) mass is 201 g/mol. The van der Waals surface area contributed by atoms with Crippen LogP contribution in [0.4, 0.5) is 0 Å². The summed E-state index contributed by atoms with van der Waals surface area (Å²) in [6, 6.07) is -0.126. The maximum absolute atomic E-state index is 11.4. The van der Waals surface area contributed by atoms with Gasteiger partial charge in [0.2, 0.25) is 0 Å². The fraction of sp³-hybridized carbons (Fsp3) is 0.900. The van der Waals surface area contributed by atoms with Gasteiger partial charge < -0.3 is 0 Å². The Hall–Kier alpha value is -0.610. The third-order valence-electron chi connectivity index (χ3n) is 2.09. The topological polar surface area (TPSA) is 58.4 Å². The van der Waals surface area contributed by atoms with Crippen LogP contribution in [-0.2, 0) is 4.79 Å². The Kier molecular flexibility index (Phi) is 5.08. The molecule has 3 N–H and O–H groups in total. The number of likely N-dealkylation sites (N-methyl/N-ethyl adjacent to an activating group) is 1. The number of hydrazine groups is 1. The van der Waals surface area contributed by atoms with Gasteiger partial charge in [-0.3, -0.25) is 15.1 Å². The van der Waals surface area contributed by atoms with Gasteiger partial charge >= 0.3 is 0 Å². The molecule has 0 aliphatic rings. The highest BCUT2D eigenvalue weighted by atomic mass is 16.2. The summed E-state index contributed by atoms with van der Waals surface area (Å²) in [5.41, 5.74) is 2.39. The maximum Gasteiger partial charge on any atom is 0.251 e. The van der Waals surface area contributed by atoms with E-state index < -0.39 is 0 Å². The van der Waals surface area contributed by atoms with Crippen molar-refractivity contribution in [2.75, 3.05) is 13.6 Å². The first-order valence-corrected chi connectivity index (χ1v) is 5.02. The summed E-state index contributed by atoms with van der Waals surface area (Å²) in [4.78, 5) is 13.4.